The highest BCUT2D eigenvalue weighted by atomic mass is 16.6. The molecule has 0 amide bonds. The molecule has 0 radical (unpaired) electrons. The maximum absolute atomic E-state index is 10.1. The minimum Gasteiger partial charge on any atom is -0.391 e. The van der Waals surface area contributed by atoms with Gasteiger partial charge in [0.05, 0.1) is 12.1 Å². The first kappa shape index (κ1) is 12.8. The van der Waals surface area contributed by atoms with Crippen LogP contribution in [-0.4, -0.2) is 56.2 Å². The first-order valence-electron chi connectivity index (χ1n) is 4.84. The Labute approximate surface area is 88.3 Å². The van der Waals surface area contributed by atoms with Crippen molar-refractivity contribution in [1.29, 1.82) is 0 Å². The van der Waals surface area contributed by atoms with Gasteiger partial charge in [-0.25, -0.2) is 0 Å². The lowest BCUT2D eigenvalue weighted by Crippen LogP contribution is -2.75. The summed E-state index contributed by atoms with van der Waals surface area (Å²) >= 11 is 0. The van der Waals surface area contributed by atoms with E-state index in [1.807, 2.05) is 0 Å². The van der Waals surface area contributed by atoms with Gasteiger partial charge in [0.2, 0.25) is 0 Å². The number of nitrogens with two attached hydrogens (primary N) is 1. The summed E-state index contributed by atoms with van der Waals surface area (Å²) in [5.74, 6) is 0. The second-order valence-electron chi connectivity index (χ2n) is 4.51. The van der Waals surface area contributed by atoms with Crippen molar-refractivity contribution >= 4 is 0 Å². The minimum absolute atomic E-state index is 1.03. The highest BCUT2D eigenvalue weighted by Gasteiger charge is 2.59. The predicted molar refractivity (Wildman–Crippen MR) is 51.8 cm³/mol. The third-order valence-electron chi connectivity index (χ3n) is 3.26. The molecule has 0 aromatic carbocycles. The molecule has 1 rings (SSSR count). The second kappa shape index (κ2) is 3.65. The Bertz CT molecular complexity index is 241. The molecular weight excluding hydrogens is 202 g/mol. The molecular formula is C9H19NO5. The van der Waals surface area contributed by atoms with E-state index in [0.29, 0.717) is 0 Å². The SMILES string of the molecule is CC(O)[C@H]1OC(O)[C@H](N)[C@@](C)(O)[C@@]1(C)O. The Morgan fingerprint density at radius 3 is 2.13 bits per heavy atom. The zero-order chi connectivity index (χ0) is 12.0. The third-order valence-corrected chi connectivity index (χ3v) is 3.26. The van der Waals surface area contributed by atoms with E-state index in [1.165, 1.54) is 20.8 Å². The van der Waals surface area contributed by atoms with Crippen molar-refractivity contribution in [3.8, 4) is 0 Å². The molecule has 2 unspecified atom stereocenters. The quantitative estimate of drug-likeness (QED) is 0.347. The number of rotatable bonds is 1. The Balaban J connectivity index is 3.07. The van der Waals surface area contributed by atoms with E-state index < -0.39 is 35.7 Å². The van der Waals surface area contributed by atoms with Gasteiger partial charge in [-0.2, -0.15) is 0 Å². The van der Waals surface area contributed by atoms with Crippen LogP contribution < -0.4 is 5.73 Å². The van der Waals surface area contributed by atoms with Gasteiger partial charge >= 0.3 is 0 Å². The van der Waals surface area contributed by atoms with Gasteiger partial charge in [0, 0.05) is 0 Å². The van der Waals surface area contributed by atoms with Gasteiger partial charge in [0.1, 0.15) is 17.3 Å². The van der Waals surface area contributed by atoms with Crippen LogP contribution >= 0.6 is 0 Å². The number of hydrogen-bond acceptors (Lipinski definition) is 6. The molecule has 0 aliphatic carbocycles. The number of hydrogen-bond donors (Lipinski definition) is 5. The highest BCUT2D eigenvalue weighted by Crippen LogP contribution is 2.37. The van der Waals surface area contributed by atoms with Crippen molar-refractivity contribution in [2.75, 3.05) is 0 Å². The maximum Gasteiger partial charge on any atom is 0.173 e. The lowest BCUT2D eigenvalue weighted by Gasteiger charge is -2.53. The van der Waals surface area contributed by atoms with Crippen LogP contribution in [0.5, 0.6) is 0 Å². The Morgan fingerprint density at radius 1 is 1.27 bits per heavy atom. The Kier molecular flexibility index (Phi) is 3.13. The first-order valence-corrected chi connectivity index (χ1v) is 4.84. The summed E-state index contributed by atoms with van der Waals surface area (Å²) in [4.78, 5) is 0. The molecule has 0 aromatic rings. The van der Waals surface area contributed by atoms with E-state index in [0.717, 1.165) is 0 Å². The van der Waals surface area contributed by atoms with E-state index in [4.69, 9.17) is 10.5 Å². The largest absolute Gasteiger partial charge is 0.391 e. The normalized spacial score (nSPS) is 54.0. The minimum atomic E-state index is -1.74. The van der Waals surface area contributed by atoms with Crippen LogP contribution in [0.25, 0.3) is 0 Å². The van der Waals surface area contributed by atoms with Crippen LogP contribution in [0.4, 0.5) is 0 Å². The third kappa shape index (κ3) is 1.77. The van der Waals surface area contributed by atoms with Crippen molar-refractivity contribution < 1.29 is 25.2 Å². The summed E-state index contributed by atoms with van der Waals surface area (Å²) in [5, 5.41) is 39.0. The summed E-state index contributed by atoms with van der Waals surface area (Å²) in [6, 6.07) is -1.14. The molecule has 1 heterocycles. The zero-order valence-corrected chi connectivity index (χ0v) is 9.08. The van der Waals surface area contributed by atoms with Crippen molar-refractivity contribution in [2.45, 2.75) is 56.5 Å². The van der Waals surface area contributed by atoms with Crippen molar-refractivity contribution in [2.24, 2.45) is 5.73 Å². The number of ether oxygens (including phenoxy) is 1. The zero-order valence-electron chi connectivity index (χ0n) is 9.08. The van der Waals surface area contributed by atoms with Crippen LogP contribution in [0.3, 0.4) is 0 Å². The van der Waals surface area contributed by atoms with Crippen molar-refractivity contribution in [3.05, 3.63) is 0 Å². The van der Waals surface area contributed by atoms with Crippen LogP contribution in [0.1, 0.15) is 20.8 Å². The van der Waals surface area contributed by atoms with Gasteiger partial charge in [0.15, 0.2) is 6.29 Å². The van der Waals surface area contributed by atoms with E-state index in [-0.39, 0.29) is 0 Å². The van der Waals surface area contributed by atoms with E-state index >= 15 is 0 Å². The molecule has 6 nitrogen and oxygen atoms in total. The monoisotopic (exact) mass is 221 g/mol. The fraction of sp³-hybridized carbons (Fsp3) is 1.00. The first-order chi connectivity index (χ1) is 6.62. The molecule has 0 bridgehead atoms. The standard InChI is InChI=1S/C9H19NO5/c1-4(11)6-9(3,14)8(2,13)5(10)7(12)15-6/h4-7,11-14H,10H2,1-3H3/t4?,5-,6+,7?,8+,9-/m0/s1. The van der Waals surface area contributed by atoms with Crippen LogP contribution in [0, 0.1) is 0 Å². The number of aliphatic hydroxyl groups excluding tert-OH is 2. The van der Waals surface area contributed by atoms with Crippen LogP contribution in [-0.2, 0) is 4.74 Å². The van der Waals surface area contributed by atoms with E-state index in [9.17, 15) is 20.4 Å². The molecule has 6 heteroatoms. The van der Waals surface area contributed by atoms with E-state index in [1.54, 1.807) is 0 Å². The molecule has 0 aromatic heterocycles. The fourth-order valence-electron chi connectivity index (χ4n) is 1.85. The lowest BCUT2D eigenvalue weighted by molar-refractivity contribution is -0.323. The molecule has 0 spiro atoms. The fourth-order valence-corrected chi connectivity index (χ4v) is 1.85. The van der Waals surface area contributed by atoms with Crippen LogP contribution in [0.15, 0.2) is 0 Å². The number of aliphatic hydroxyl groups is 4. The van der Waals surface area contributed by atoms with Gasteiger partial charge in [0.25, 0.3) is 0 Å². The summed E-state index contributed by atoms with van der Waals surface area (Å²) < 4.78 is 4.98. The maximum atomic E-state index is 10.1. The van der Waals surface area contributed by atoms with Gasteiger partial charge in [-0.05, 0) is 20.8 Å². The molecule has 1 fully saturated rings. The average Bonchev–Trinajstić information content (AvgIpc) is 2.09. The highest BCUT2D eigenvalue weighted by molar-refractivity contribution is 5.10. The lowest BCUT2D eigenvalue weighted by atomic mass is 9.73. The molecule has 0 saturated carbocycles. The Hall–Kier alpha value is -0.240. The van der Waals surface area contributed by atoms with Crippen molar-refractivity contribution in [1.82, 2.24) is 0 Å². The van der Waals surface area contributed by atoms with E-state index in [2.05, 4.69) is 0 Å². The summed E-state index contributed by atoms with van der Waals surface area (Å²) in [5.41, 5.74) is 2.05. The molecule has 15 heavy (non-hydrogen) atoms. The molecule has 1 saturated heterocycles. The van der Waals surface area contributed by atoms with Gasteiger partial charge < -0.3 is 30.9 Å². The molecule has 90 valence electrons. The van der Waals surface area contributed by atoms with Gasteiger partial charge in [-0.1, -0.05) is 0 Å². The van der Waals surface area contributed by atoms with Gasteiger partial charge in [-0.15, -0.1) is 0 Å². The average molecular weight is 221 g/mol. The second-order valence-corrected chi connectivity index (χ2v) is 4.51. The predicted octanol–water partition coefficient (Wildman–Crippen LogP) is -2.09. The molecule has 1 aliphatic heterocycles. The topological polar surface area (TPSA) is 116 Å². The molecule has 1 aliphatic rings. The molecule has 6 N–H and O–H groups in total. The summed E-state index contributed by atoms with van der Waals surface area (Å²) in [6.07, 6.45) is -3.55. The summed E-state index contributed by atoms with van der Waals surface area (Å²) in [7, 11) is 0. The van der Waals surface area contributed by atoms with Gasteiger partial charge in [-0.3, -0.25) is 0 Å². The summed E-state index contributed by atoms with van der Waals surface area (Å²) in [6.45, 7) is 4.02. The van der Waals surface area contributed by atoms with Crippen LogP contribution in [0.2, 0.25) is 0 Å². The smallest absolute Gasteiger partial charge is 0.173 e. The molecule has 6 atom stereocenters. The van der Waals surface area contributed by atoms with Crippen molar-refractivity contribution in [3.63, 3.8) is 0 Å². The Morgan fingerprint density at radius 2 is 1.73 bits per heavy atom.